The summed E-state index contributed by atoms with van der Waals surface area (Å²) >= 11 is 12.0. The van der Waals surface area contributed by atoms with Crippen LogP contribution in [0.1, 0.15) is 5.56 Å². The van der Waals surface area contributed by atoms with Crippen LogP contribution in [-0.4, -0.2) is 37.6 Å². The second kappa shape index (κ2) is 8.81. The van der Waals surface area contributed by atoms with Gasteiger partial charge in [0.15, 0.2) is 0 Å². The van der Waals surface area contributed by atoms with E-state index in [2.05, 4.69) is 15.0 Å². The van der Waals surface area contributed by atoms with Gasteiger partial charge < -0.3 is 9.47 Å². The zero-order valence-corrected chi connectivity index (χ0v) is 17.7. The van der Waals surface area contributed by atoms with Gasteiger partial charge in [-0.2, -0.15) is 0 Å². The molecule has 0 fully saturated rings. The van der Waals surface area contributed by atoms with Gasteiger partial charge in [0.25, 0.3) is 10.0 Å². The average molecular weight is 455 g/mol. The molecule has 0 unspecified atom stereocenters. The Bertz CT molecular complexity index is 1110. The standard InChI is InChI=1S/C18H16Cl2N4O4S/c1-27-13-4-3-12(15(7-13)28-2)10-24(18-5-6-21-11-23-18)29(25,26)16-9-22-17(20)8-14(16)19/h3-9,11H,10H2,1-2H3. The van der Waals surface area contributed by atoms with Gasteiger partial charge in [-0.25, -0.2) is 27.7 Å². The molecule has 8 nitrogen and oxygen atoms in total. The van der Waals surface area contributed by atoms with Crippen LogP contribution in [0.25, 0.3) is 0 Å². The van der Waals surface area contributed by atoms with Crippen molar-refractivity contribution in [3.63, 3.8) is 0 Å². The molecule has 0 aliphatic carbocycles. The third-order valence-electron chi connectivity index (χ3n) is 3.98. The van der Waals surface area contributed by atoms with Crippen LogP contribution in [0.5, 0.6) is 11.5 Å². The lowest BCUT2D eigenvalue weighted by atomic mass is 10.2. The van der Waals surface area contributed by atoms with E-state index in [9.17, 15) is 8.42 Å². The highest BCUT2D eigenvalue weighted by atomic mass is 35.5. The quantitative estimate of drug-likeness (QED) is 0.503. The monoisotopic (exact) mass is 454 g/mol. The summed E-state index contributed by atoms with van der Waals surface area (Å²) in [7, 11) is -1.12. The van der Waals surface area contributed by atoms with Crippen LogP contribution in [0.4, 0.5) is 5.82 Å². The number of methoxy groups -OCH3 is 2. The molecule has 11 heteroatoms. The van der Waals surface area contributed by atoms with Gasteiger partial charge in [-0.1, -0.05) is 23.2 Å². The molecule has 0 saturated carbocycles. The minimum Gasteiger partial charge on any atom is -0.497 e. The highest BCUT2D eigenvalue weighted by molar-refractivity contribution is 7.92. The number of pyridine rings is 1. The first-order valence-electron chi connectivity index (χ1n) is 8.17. The summed E-state index contributed by atoms with van der Waals surface area (Å²) in [5, 5.41) is 0.0325. The second-order valence-corrected chi connectivity index (χ2v) is 8.32. The molecule has 152 valence electrons. The number of hydrogen-bond donors (Lipinski definition) is 0. The number of benzene rings is 1. The third kappa shape index (κ3) is 4.52. The van der Waals surface area contributed by atoms with E-state index in [-0.39, 0.29) is 27.4 Å². The highest BCUT2D eigenvalue weighted by Gasteiger charge is 2.30. The molecule has 3 rings (SSSR count). The lowest BCUT2D eigenvalue weighted by Gasteiger charge is -2.24. The average Bonchev–Trinajstić information content (AvgIpc) is 2.72. The first kappa shape index (κ1) is 21.1. The molecular weight excluding hydrogens is 439 g/mol. The fraction of sp³-hybridized carbons (Fsp3) is 0.167. The lowest BCUT2D eigenvalue weighted by Crippen LogP contribution is -2.31. The minimum atomic E-state index is -4.14. The zero-order chi connectivity index (χ0) is 21.0. The maximum absolute atomic E-state index is 13.4. The largest absolute Gasteiger partial charge is 0.497 e. The Kier molecular flexibility index (Phi) is 6.41. The van der Waals surface area contributed by atoms with Crippen molar-refractivity contribution in [3.8, 4) is 11.5 Å². The number of ether oxygens (including phenoxy) is 2. The summed E-state index contributed by atoms with van der Waals surface area (Å²) in [5.74, 6) is 1.19. The molecule has 2 heterocycles. The first-order valence-corrected chi connectivity index (χ1v) is 10.4. The molecule has 29 heavy (non-hydrogen) atoms. The number of hydrogen-bond acceptors (Lipinski definition) is 7. The molecular formula is C18H16Cl2N4O4S. The van der Waals surface area contributed by atoms with E-state index in [1.165, 1.54) is 38.9 Å². The Hall–Kier alpha value is -2.62. The van der Waals surface area contributed by atoms with E-state index in [0.29, 0.717) is 17.1 Å². The van der Waals surface area contributed by atoms with Gasteiger partial charge in [0.1, 0.15) is 33.7 Å². The Morgan fingerprint density at radius 2 is 1.86 bits per heavy atom. The highest BCUT2D eigenvalue weighted by Crippen LogP contribution is 2.32. The predicted molar refractivity (Wildman–Crippen MR) is 109 cm³/mol. The molecule has 0 bridgehead atoms. The maximum atomic E-state index is 13.4. The zero-order valence-electron chi connectivity index (χ0n) is 15.4. The summed E-state index contributed by atoms with van der Waals surface area (Å²) in [4.78, 5) is 11.6. The number of sulfonamides is 1. The maximum Gasteiger partial charge on any atom is 0.268 e. The van der Waals surface area contributed by atoms with Crippen molar-refractivity contribution in [1.29, 1.82) is 0 Å². The van der Waals surface area contributed by atoms with Gasteiger partial charge in [-0.15, -0.1) is 0 Å². The van der Waals surface area contributed by atoms with Crippen LogP contribution >= 0.6 is 23.2 Å². The summed E-state index contributed by atoms with van der Waals surface area (Å²) in [6.45, 7) is -0.0779. The van der Waals surface area contributed by atoms with Crippen LogP contribution in [0.15, 0.2) is 53.9 Å². The molecule has 0 aliphatic heterocycles. The summed E-state index contributed by atoms with van der Waals surface area (Å²) in [6, 6.07) is 7.83. The van der Waals surface area contributed by atoms with Gasteiger partial charge >= 0.3 is 0 Å². The van der Waals surface area contributed by atoms with E-state index >= 15 is 0 Å². The number of rotatable bonds is 7. The van der Waals surface area contributed by atoms with E-state index < -0.39 is 10.0 Å². The van der Waals surface area contributed by atoms with Gasteiger partial charge in [0.05, 0.1) is 32.0 Å². The van der Waals surface area contributed by atoms with Gasteiger partial charge in [0, 0.05) is 23.9 Å². The number of nitrogens with zero attached hydrogens (tertiary/aromatic N) is 4. The van der Waals surface area contributed by atoms with E-state index in [4.69, 9.17) is 32.7 Å². The van der Waals surface area contributed by atoms with E-state index in [0.717, 1.165) is 10.5 Å². The van der Waals surface area contributed by atoms with Crippen LogP contribution in [-0.2, 0) is 16.6 Å². The SMILES string of the molecule is COc1ccc(CN(c2ccncn2)S(=O)(=O)c2cnc(Cl)cc2Cl)c(OC)c1. The summed E-state index contributed by atoms with van der Waals surface area (Å²) < 4.78 is 38.5. The molecule has 0 amide bonds. The number of aromatic nitrogens is 3. The normalized spacial score (nSPS) is 11.2. The Morgan fingerprint density at radius 1 is 1.07 bits per heavy atom. The fourth-order valence-corrected chi connectivity index (χ4v) is 4.61. The number of halogens is 2. The minimum absolute atomic E-state index is 0.0502. The Labute approximate surface area is 178 Å². The van der Waals surface area contributed by atoms with Crippen LogP contribution < -0.4 is 13.8 Å². The number of anilines is 1. The van der Waals surface area contributed by atoms with Gasteiger partial charge in [0.2, 0.25) is 0 Å². The van der Waals surface area contributed by atoms with Crippen molar-refractivity contribution >= 4 is 39.0 Å². The molecule has 0 aliphatic rings. The fourth-order valence-electron chi connectivity index (χ4n) is 2.56. The first-order chi connectivity index (χ1) is 13.9. The lowest BCUT2D eigenvalue weighted by molar-refractivity contribution is 0.391. The van der Waals surface area contributed by atoms with Crippen LogP contribution in [0.2, 0.25) is 10.2 Å². The van der Waals surface area contributed by atoms with Gasteiger partial charge in [-0.05, 0) is 18.2 Å². The summed E-state index contributed by atoms with van der Waals surface area (Å²) in [5.41, 5.74) is 0.591. The topological polar surface area (TPSA) is 94.5 Å². The van der Waals surface area contributed by atoms with Gasteiger partial charge in [-0.3, -0.25) is 0 Å². The molecule has 0 atom stereocenters. The van der Waals surface area contributed by atoms with Crippen molar-refractivity contribution in [2.75, 3.05) is 18.5 Å². The molecule has 0 N–H and O–H groups in total. The smallest absolute Gasteiger partial charge is 0.268 e. The molecule has 0 radical (unpaired) electrons. The van der Waals surface area contributed by atoms with Crippen molar-refractivity contribution in [2.24, 2.45) is 0 Å². The third-order valence-corrected chi connectivity index (χ3v) is 6.39. The molecule has 2 aromatic heterocycles. The second-order valence-electron chi connectivity index (χ2n) is 5.69. The van der Waals surface area contributed by atoms with Crippen molar-refractivity contribution in [2.45, 2.75) is 11.4 Å². The summed E-state index contributed by atoms with van der Waals surface area (Å²) in [6.07, 6.45) is 3.81. The molecule has 1 aromatic carbocycles. The Morgan fingerprint density at radius 3 is 2.48 bits per heavy atom. The predicted octanol–water partition coefficient (Wildman–Crippen LogP) is 3.59. The van der Waals surface area contributed by atoms with Crippen LogP contribution in [0.3, 0.4) is 0 Å². The van der Waals surface area contributed by atoms with Crippen LogP contribution in [0, 0.1) is 0 Å². The molecule has 3 aromatic rings. The Balaban J connectivity index is 2.12. The van der Waals surface area contributed by atoms with Crippen molar-refractivity contribution in [1.82, 2.24) is 15.0 Å². The van der Waals surface area contributed by atoms with Crippen molar-refractivity contribution < 1.29 is 17.9 Å². The van der Waals surface area contributed by atoms with E-state index in [1.54, 1.807) is 18.2 Å². The molecule has 0 spiro atoms. The van der Waals surface area contributed by atoms with E-state index in [1.807, 2.05) is 0 Å². The van der Waals surface area contributed by atoms with Crippen molar-refractivity contribution in [3.05, 3.63) is 64.8 Å². The molecule has 0 saturated heterocycles.